The minimum Gasteiger partial charge on any atom is -0.444 e. The molecule has 206 valence electrons. The number of carbonyl (C=O) groups is 1. The lowest BCUT2D eigenvalue weighted by atomic mass is 9.83. The van der Waals surface area contributed by atoms with E-state index in [-0.39, 0.29) is 23.0 Å². The zero-order valence-corrected chi connectivity index (χ0v) is 23.3. The number of nitrogen functional groups attached to an aromatic ring is 1. The lowest BCUT2D eigenvalue weighted by Crippen LogP contribution is -2.36. The van der Waals surface area contributed by atoms with Gasteiger partial charge in [-0.05, 0) is 87.3 Å². The number of rotatable bonds is 4. The molecule has 5 rings (SSSR count). The van der Waals surface area contributed by atoms with E-state index in [1.807, 2.05) is 31.7 Å². The molecule has 0 unspecified atom stereocenters. The van der Waals surface area contributed by atoms with Crippen LogP contribution in [0.25, 0.3) is 22.3 Å². The SMILES string of the molecule is CC(C)(C)OC(=O)N1CCC[C@H]1c1cc(-c2cnc(N)c(-c3ccnc(F)c3Cl)c2)ccc1C1CCOCC1. The molecular formula is C30H34ClFN4O3. The van der Waals surface area contributed by atoms with E-state index in [1.165, 1.54) is 11.8 Å². The summed E-state index contributed by atoms with van der Waals surface area (Å²) in [6.45, 7) is 7.75. The predicted molar refractivity (Wildman–Crippen MR) is 150 cm³/mol. The summed E-state index contributed by atoms with van der Waals surface area (Å²) >= 11 is 6.23. The number of nitrogens with two attached hydrogens (primary N) is 1. The van der Waals surface area contributed by atoms with E-state index in [2.05, 4.69) is 28.2 Å². The third-order valence-corrected chi connectivity index (χ3v) is 7.74. The first-order valence-electron chi connectivity index (χ1n) is 13.4. The lowest BCUT2D eigenvalue weighted by molar-refractivity contribution is 0.0222. The van der Waals surface area contributed by atoms with E-state index in [0.29, 0.717) is 23.6 Å². The molecule has 0 radical (unpaired) electrons. The van der Waals surface area contributed by atoms with Gasteiger partial charge < -0.3 is 20.1 Å². The summed E-state index contributed by atoms with van der Waals surface area (Å²) in [5, 5.41) is -0.0994. The molecule has 2 fully saturated rings. The number of ether oxygens (including phenoxy) is 2. The van der Waals surface area contributed by atoms with Crippen LogP contribution in [0.3, 0.4) is 0 Å². The average molecular weight is 553 g/mol. The van der Waals surface area contributed by atoms with Gasteiger partial charge in [-0.25, -0.2) is 14.8 Å². The molecule has 0 aliphatic carbocycles. The fourth-order valence-electron chi connectivity index (χ4n) is 5.53. The van der Waals surface area contributed by atoms with Crippen LogP contribution in [0, 0.1) is 5.95 Å². The average Bonchev–Trinajstić information content (AvgIpc) is 3.40. The third kappa shape index (κ3) is 5.87. The number of halogens is 2. The zero-order valence-electron chi connectivity index (χ0n) is 22.5. The fourth-order valence-corrected chi connectivity index (χ4v) is 5.74. The fraction of sp³-hybridized carbons (Fsp3) is 0.433. The topological polar surface area (TPSA) is 90.6 Å². The van der Waals surface area contributed by atoms with Crippen LogP contribution in [0.2, 0.25) is 5.02 Å². The second-order valence-electron chi connectivity index (χ2n) is 11.2. The Morgan fingerprint density at radius 1 is 1.08 bits per heavy atom. The quantitative estimate of drug-likeness (QED) is 0.346. The van der Waals surface area contributed by atoms with E-state index >= 15 is 0 Å². The maximum absolute atomic E-state index is 14.1. The highest BCUT2D eigenvalue weighted by atomic mass is 35.5. The maximum atomic E-state index is 14.1. The molecular weight excluding hydrogens is 519 g/mol. The van der Waals surface area contributed by atoms with Gasteiger partial charge in [0.15, 0.2) is 0 Å². The molecule has 2 N–H and O–H groups in total. The Bertz CT molecular complexity index is 1370. The molecule has 2 saturated heterocycles. The number of amides is 1. The van der Waals surface area contributed by atoms with Crippen molar-refractivity contribution in [1.29, 1.82) is 0 Å². The summed E-state index contributed by atoms with van der Waals surface area (Å²) in [5.41, 5.74) is 10.7. The summed E-state index contributed by atoms with van der Waals surface area (Å²) < 4.78 is 25.5. The maximum Gasteiger partial charge on any atom is 0.410 e. The molecule has 0 spiro atoms. The van der Waals surface area contributed by atoms with Crippen molar-refractivity contribution in [2.75, 3.05) is 25.5 Å². The number of hydrogen-bond donors (Lipinski definition) is 1. The first-order valence-corrected chi connectivity index (χ1v) is 13.8. The minimum absolute atomic E-state index is 0.0948. The molecule has 1 atom stereocenters. The van der Waals surface area contributed by atoms with Crippen molar-refractivity contribution in [2.45, 2.75) is 64.0 Å². The molecule has 1 amide bonds. The Hall–Kier alpha value is -3.23. The molecule has 7 nitrogen and oxygen atoms in total. The number of pyridine rings is 2. The Kier molecular flexibility index (Phi) is 7.78. The monoisotopic (exact) mass is 552 g/mol. The van der Waals surface area contributed by atoms with Crippen molar-refractivity contribution in [3.8, 4) is 22.3 Å². The van der Waals surface area contributed by atoms with Gasteiger partial charge in [-0.2, -0.15) is 4.39 Å². The van der Waals surface area contributed by atoms with Crippen molar-refractivity contribution in [1.82, 2.24) is 14.9 Å². The molecule has 2 aliphatic rings. The third-order valence-electron chi connectivity index (χ3n) is 7.38. The van der Waals surface area contributed by atoms with E-state index in [9.17, 15) is 9.18 Å². The van der Waals surface area contributed by atoms with Gasteiger partial charge in [0.25, 0.3) is 0 Å². The second kappa shape index (κ2) is 11.1. The highest BCUT2D eigenvalue weighted by Gasteiger charge is 2.35. The zero-order chi connectivity index (χ0) is 27.7. The largest absolute Gasteiger partial charge is 0.444 e. The van der Waals surface area contributed by atoms with E-state index in [0.717, 1.165) is 55.6 Å². The Morgan fingerprint density at radius 2 is 1.85 bits per heavy atom. The summed E-state index contributed by atoms with van der Waals surface area (Å²) in [6, 6.07) is 9.80. The number of carbonyl (C=O) groups excluding carboxylic acids is 1. The van der Waals surface area contributed by atoms with E-state index in [4.69, 9.17) is 26.8 Å². The van der Waals surface area contributed by atoms with Gasteiger partial charge in [-0.15, -0.1) is 0 Å². The minimum atomic E-state index is -0.759. The van der Waals surface area contributed by atoms with Crippen LogP contribution in [0.5, 0.6) is 0 Å². The smallest absolute Gasteiger partial charge is 0.410 e. The first-order chi connectivity index (χ1) is 18.6. The Labute approximate surface area is 233 Å². The van der Waals surface area contributed by atoms with E-state index < -0.39 is 11.5 Å². The number of hydrogen-bond acceptors (Lipinski definition) is 6. The van der Waals surface area contributed by atoms with Gasteiger partial charge >= 0.3 is 6.09 Å². The Morgan fingerprint density at radius 3 is 2.59 bits per heavy atom. The Balaban J connectivity index is 1.58. The van der Waals surface area contributed by atoms with Crippen LogP contribution >= 0.6 is 11.6 Å². The van der Waals surface area contributed by atoms with Gasteiger partial charge in [-0.3, -0.25) is 0 Å². The molecule has 0 bridgehead atoms. The number of anilines is 1. The van der Waals surface area contributed by atoms with Gasteiger partial charge in [0.2, 0.25) is 5.95 Å². The number of aromatic nitrogens is 2. The second-order valence-corrected chi connectivity index (χ2v) is 11.6. The van der Waals surface area contributed by atoms with Crippen LogP contribution in [0.4, 0.5) is 15.0 Å². The van der Waals surface area contributed by atoms with Crippen LogP contribution in [0.15, 0.2) is 42.7 Å². The summed E-state index contributed by atoms with van der Waals surface area (Å²) in [6.07, 6.45) is 6.40. The summed E-state index contributed by atoms with van der Waals surface area (Å²) in [7, 11) is 0. The van der Waals surface area contributed by atoms with Gasteiger partial charge in [0.05, 0.1) is 6.04 Å². The number of benzene rings is 1. The standard InChI is InChI=1S/C30H34ClFN4O3/c1-30(2,3)39-29(37)36-12-4-5-25(36)23-15-19(6-7-21(23)18-9-13-38-14-10-18)20-16-24(28(33)35-17-20)22-8-11-34-27(32)26(22)31/h6-8,11,15-18,25H,4-5,9-10,12-14H2,1-3H3,(H2,33,35)/t25-/m0/s1. The van der Waals surface area contributed by atoms with Crippen LogP contribution in [0.1, 0.15) is 69.5 Å². The van der Waals surface area contributed by atoms with Crippen molar-refractivity contribution in [3.63, 3.8) is 0 Å². The van der Waals surface area contributed by atoms with Crippen LogP contribution in [-0.2, 0) is 9.47 Å². The van der Waals surface area contributed by atoms with E-state index in [1.54, 1.807) is 12.3 Å². The number of likely N-dealkylation sites (tertiary alicyclic amines) is 1. The van der Waals surface area contributed by atoms with Gasteiger partial charge in [0.1, 0.15) is 16.4 Å². The first kappa shape index (κ1) is 27.3. The van der Waals surface area contributed by atoms with Gasteiger partial charge in [0, 0.05) is 48.8 Å². The molecule has 0 saturated carbocycles. The highest BCUT2D eigenvalue weighted by Crippen LogP contribution is 2.42. The van der Waals surface area contributed by atoms with Crippen molar-refractivity contribution in [3.05, 3.63) is 64.8 Å². The highest BCUT2D eigenvalue weighted by molar-refractivity contribution is 6.33. The predicted octanol–water partition coefficient (Wildman–Crippen LogP) is 7.15. The molecule has 9 heteroatoms. The summed E-state index contributed by atoms with van der Waals surface area (Å²) in [5.74, 6) is -0.162. The molecule has 39 heavy (non-hydrogen) atoms. The van der Waals surface area contributed by atoms with Crippen molar-refractivity contribution in [2.24, 2.45) is 0 Å². The molecule has 2 aromatic heterocycles. The number of nitrogens with zero attached hydrogens (tertiary/aromatic N) is 3. The lowest BCUT2D eigenvalue weighted by Gasteiger charge is -2.32. The van der Waals surface area contributed by atoms with Crippen LogP contribution in [-0.4, -0.2) is 46.3 Å². The van der Waals surface area contributed by atoms with Crippen molar-refractivity contribution < 1.29 is 18.7 Å². The normalized spacial score (nSPS) is 18.4. The molecule has 3 aromatic rings. The van der Waals surface area contributed by atoms with Gasteiger partial charge in [-0.1, -0.05) is 23.7 Å². The summed E-state index contributed by atoms with van der Waals surface area (Å²) in [4.78, 5) is 23.1. The van der Waals surface area contributed by atoms with Crippen molar-refractivity contribution >= 4 is 23.5 Å². The molecule has 2 aliphatic heterocycles. The molecule has 1 aromatic carbocycles. The molecule has 4 heterocycles. The van der Waals surface area contributed by atoms with Crippen LogP contribution < -0.4 is 5.73 Å².